The van der Waals surface area contributed by atoms with Crippen LogP contribution in [-0.2, 0) is 0 Å². The van der Waals surface area contributed by atoms with Gasteiger partial charge in [0.15, 0.2) is 11.6 Å². The number of nitrogens with two attached hydrogens (primary N) is 1. The molecule has 0 bridgehead atoms. The van der Waals surface area contributed by atoms with Gasteiger partial charge in [-0.3, -0.25) is 0 Å². The van der Waals surface area contributed by atoms with E-state index in [9.17, 15) is 4.39 Å². The molecule has 0 spiro atoms. The second kappa shape index (κ2) is 6.25. The zero-order valence-corrected chi connectivity index (χ0v) is 9.83. The Bertz CT molecular complexity index is 328. The molecule has 5 heteroatoms. The third kappa shape index (κ3) is 4.42. The quantitative estimate of drug-likeness (QED) is 0.731. The molecule has 0 unspecified atom stereocenters. The molecule has 0 radical (unpaired) electrons. The summed E-state index contributed by atoms with van der Waals surface area (Å²) in [6.45, 7) is 5.09. The number of rotatable bonds is 6. The third-order valence-electron chi connectivity index (χ3n) is 2.26. The maximum absolute atomic E-state index is 13.2. The number of nitrogen functional groups attached to an aromatic ring is 1. The van der Waals surface area contributed by atoms with Crippen molar-refractivity contribution in [2.75, 3.05) is 17.6 Å². The van der Waals surface area contributed by atoms with E-state index in [0.29, 0.717) is 12.5 Å². The van der Waals surface area contributed by atoms with Crippen molar-refractivity contribution in [3.63, 3.8) is 0 Å². The van der Waals surface area contributed by atoms with Gasteiger partial charge in [0.2, 0.25) is 5.95 Å². The average Bonchev–Trinajstić information content (AvgIpc) is 2.22. The summed E-state index contributed by atoms with van der Waals surface area (Å²) in [5.74, 6) is 0.535. The van der Waals surface area contributed by atoms with Crippen molar-refractivity contribution in [3.05, 3.63) is 12.0 Å². The highest BCUT2D eigenvalue weighted by atomic mass is 19.1. The first-order valence-corrected chi connectivity index (χ1v) is 5.61. The van der Waals surface area contributed by atoms with Gasteiger partial charge in [0.1, 0.15) is 0 Å². The number of hydrogen-bond donors (Lipinski definition) is 2. The molecule has 1 rings (SSSR count). The number of unbranched alkanes of at least 4 members (excludes halogenated alkanes) is 1. The predicted molar refractivity (Wildman–Crippen MR) is 63.6 cm³/mol. The van der Waals surface area contributed by atoms with Crippen LogP contribution >= 0.6 is 0 Å². The maximum atomic E-state index is 13.2. The van der Waals surface area contributed by atoms with Crippen molar-refractivity contribution in [3.8, 4) is 0 Å². The van der Waals surface area contributed by atoms with E-state index in [1.54, 1.807) is 0 Å². The Morgan fingerprint density at radius 2 is 2.19 bits per heavy atom. The highest BCUT2D eigenvalue weighted by molar-refractivity contribution is 5.38. The van der Waals surface area contributed by atoms with Crippen molar-refractivity contribution < 1.29 is 4.39 Å². The minimum atomic E-state index is -0.460. The molecule has 0 fully saturated rings. The van der Waals surface area contributed by atoms with E-state index in [4.69, 9.17) is 5.73 Å². The summed E-state index contributed by atoms with van der Waals surface area (Å²) in [7, 11) is 0. The van der Waals surface area contributed by atoms with E-state index >= 15 is 0 Å². The molecule has 0 amide bonds. The lowest BCUT2D eigenvalue weighted by atomic mass is 10.1. The molecule has 4 nitrogen and oxygen atoms in total. The maximum Gasteiger partial charge on any atom is 0.222 e. The lowest BCUT2D eigenvalue weighted by molar-refractivity contribution is 0.543. The first-order chi connectivity index (χ1) is 7.59. The molecule has 1 aromatic rings. The highest BCUT2D eigenvalue weighted by Crippen LogP contribution is 2.11. The summed E-state index contributed by atoms with van der Waals surface area (Å²) >= 11 is 0. The molecule has 0 aliphatic heterocycles. The van der Waals surface area contributed by atoms with E-state index < -0.39 is 5.82 Å². The molecular formula is C11H19FN4. The lowest BCUT2D eigenvalue weighted by Crippen LogP contribution is -2.08. The smallest absolute Gasteiger partial charge is 0.222 e. The average molecular weight is 226 g/mol. The zero-order chi connectivity index (χ0) is 12.0. The molecular weight excluding hydrogens is 207 g/mol. The number of nitrogens with one attached hydrogen (secondary N) is 1. The summed E-state index contributed by atoms with van der Waals surface area (Å²) in [6.07, 6.45) is 4.41. The summed E-state index contributed by atoms with van der Waals surface area (Å²) in [5.41, 5.74) is 5.37. The van der Waals surface area contributed by atoms with Crippen LogP contribution in [0.5, 0.6) is 0 Å². The topological polar surface area (TPSA) is 63.8 Å². The van der Waals surface area contributed by atoms with Crippen LogP contribution in [0, 0.1) is 11.7 Å². The van der Waals surface area contributed by atoms with Crippen LogP contribution in [0.4, 0.5) is 16.2 Å². The third-order valence-corrected chi connectivity index (χ3v) is 2.26. The van der Waals surface area contributed by atoms with Crippen LogP contribution in [0.25, 0.3) is 0 Å². The Hall–Kier alpha value is -1.39. The fourth-order valence-corrected chi connectivity index (χ4v) is 1.39. The van der Waals surface area contributed by atoms with Crippen LogP contribution in [0.1, 0.15) is 33.1 Å². The molecule has 90 valence electrons. The fraction of sp³-hybridized carbons (Fsp3) is 0.636. The Balaban J connectivity index is 2.29. The van der Waals surface area contributed by atoms with Gasteiger partial charge in [0.05, 0.1) is 6.20 Å². The number of aromatic nitrogens is 2. The van der Waals surface area contributed by atoms with Crippen molar-refractivity contribution in [1.29, 1.82) is 0 Å². The summed E-state index contributed by atoms with van der Waals surface area (Å²) in [5, 5.41) is 2.92. The molecule has 0 aliphatic carbocycles. The summed E-state index contributed by atoms with van der Waals surface area (Å²) in [4.78, 5) is 7.34. The molecule has 1 aromatic heterocycles. The minimum Gasteiger partial charge on any atom is -0.368 e. The molecule has 0 atom stereocenters. The van der Waals surface area contributed by atoms with E-state index in [0.717, 1.165) is 19.0 Å². The molecule has 3 N–H and O–H groups in total. The monoisotopic (exact) mass is 226 g/mol. The predicted octanol–water partition coefficient (Wildman–Crippen LogP) is 2.44. The minimum absolute atomic E-state index is 0.0890. The van der Waals surface area contributed by atoms with Gasteiger partial charge in [-0.15, -0.1) is 0 Å². The van der Waals surface area contributed by atoms with Gasteiger partial charge in [-0.05, 0) is 12.3 Å². The van der Waals surface area contributed by atoms with E-state index in [-0.39, 0.29) is 11.8 Å². The van der Waals surface area contributed by atoms with Crippen molar-refractivity contribution in [2.24, 2.45) is 5.92 Å². The highest BCUT2D eigenvalue weighted by Gasteiger charge is 2.04. The van der Waals surface area contributed by atoms with Crippen LogP contribution in [0.2, 0.25) is 0 Å². The first-order valence-electron chi connectivity index (χ1n) is 5.61. The van der Waals surface area contributed by atoms with Crippen LogP contribution in [0.15, 0.2) is 6.20 Å². The van der Waals surface area contributed by atoms with Crippen molar-refractivity contribution in [1.82, 2.24) is 9.97 Å². The van der Waals surface area contributed by atoms with Gasteiger partial charge >= 0.3 is 0 Å². The Labute approximate surface area is 95.5 Å². The van der Waals surface area contributed by atoms with Crippen molar-refractivity contribution in [2.45, 2.75) is 33.1 Å². The lowest BCUT2D eigenvalue weighted by Gasteiger charge is -2.07. The molecule has 16 heavy (non-hydrogen) atoms. The normalized spacial score (nSPS) is 10.8. The SMILES string of the molecule is CC(C)CCCCNc1nc(N)ncc1F. The molecule has 0 aliphatic rings. The van der Waals surface area contributed by atoms with Gasteiger partial charge in [0, 0.05) is 6.54 Å². The summed E-state index contributed by atoms with van der Waals surface area (Å²) in [6, 6.07) is 0. The van der Waals surface area contributed by atoms with Crippen LogP contribution in [0.3, 0.4) is 0 Å². The fourth-order valence-electron chi connectivity index (χ4n) is 1.39. The standard InChI is InChI=1S/C11H19FN4/c1-8(2)5-3-4-6-14-10-9(12)7-15-11(13)16-10/h7-8H,3-6H2,1-2H3,(H3,13,14,15,16). The number of hydrogen-bond acceptors (Lipinski definition) is 4. The number of nitrogens with zero attached hydrogens (tertiary/aromatic N) is 2. The van der Waals surface area contributed by atoms with E-state index in [1.807, 2.05) is 0 Å². The number of halogens is 1. The first kappa shape index (κ1) is 12.7. The zero-order valence-electron chi connectivity index (χ0n) is 9.83. The van der Waals surface area contributed by atoms with E-state index in [1.165, 1.54) is 6.42 Å². The van der Waals surface area contributed by atoms with Gasteiger partial charge < -0.3 is 11.1 Å². The van der Waals surface area contributed by atoms with Gasteiger partial charge in [-0.2, -0.15) is 4.98 Å². The molecule has 0 saturated heterocycles. The van der Waals surface area contributed by atoms with Crippen LogP contribution < -0.4 is 11.1 Å². The molecule has 0 saturated carbocycles. The Kier molecular flexibility index (Phi) is 4.95. The van der Waals surface area contributed by atoms with Crippen LogP contribution in [-0.4, -0.2) is 16.5 Å². The van der Waals surface area contributed by atoms with Crippen molar-refractivity contribution >= 4 is 11.8 Å². The number of anilines is 2. The Morgan fingerprint density at radius 1 is 1.44 bits per heavy atom. The van der Waals surface area contributed by atoms with Gasteiger partial charge in [-0.25, -0.2) is 9.37 Å². The Morgan fingerprint density at radius 3 is 2.88 bits per heavy atom. The van der Waals surface area contributed by atoms with Gasteiger partial charge in [-0.1, -0.05) is 26.7 Å². The van der Waals surface area contributed by atoms with Gasteiger partial charge in [0.25, 0.3) is 0 Å². The second-order valence-corrected chi connectivity index (χ2v) is 4.24. The molecule has 0 aromatic carbocycles. The van der Waals surface area contributed by atoms with E-state index in [2.05, 4.69) is 29.1 Å². The summed E-state index contributed by atoms with van der Waals surface area (Å²) < 4.78 is 13.2. The molecule has 1 heterocycles. The largest absolute Gasteiger partial charge is 0.368 e. The second-order valence-electron chi connectivity index (χ2n) is 4.24.